The summed E-state index contributed by atoms with van der Waals surface area (Å²) in [6.45, 7) is 9.02. The van der Waals surface area contributed by atoms with E-state index in [-0.39, 0.29) is 11.8 Å². The first kappa shape index (κ1) is 21.6. The van der Waals surface area contributed by atoms with E-state index in [0.29, 0.717) is 36.2 Å². The fraction of sp³-hybridized carbons (Fsp3) is 0.360. The fourth-order valence-electron chi connectivity index (χ4n) is 3.25. The Morgan fingerprint density at radius 3 is 2.63 bits per heavy atom. The lowest BCUT2D eigenvalue weighted by molar-refractivity contribution is -0.127. The highest BCUT2D eigenvalue weighted by atomic mass is 16.5. The second-order valence-electron chi connectivity index (χ2n) is 8.73. The van der Waals surface area contributed by atoms with Gasteiger partial charge in [-0.1, -0.05) is 44.2 Å². The quantitative estimate of drug-likeness (QED) is 0.676. The van der Waals surface area contributed by atoms with E-state index in [1.54, 1.807) is 17.0 Å². The molecule has 0 atom stereocenters. The van der Waals surface area contributed by atoms with E-state index in [1.807, 2.05) is 56.3 Å². The summed E-state index contributed by atoms with van der Waals surface area (Å²) in [7, 11) is 0. The van der Waals surface area contributed by atoms with Crippen molar-refractivity contribution in [1.29, 1.82) is 0 Å². The molecule has 0 unspecified atom stereocenters. The van der Waals surface area contributed by atoms with Crippen LogP contribution in [0.15, 0.2) is 54.6 Å². The van der Waals surface area contributed by atoms with E-state index in [9.17, 15) is 9.59 Å². The van der Waals surface area contributed by atoms with Crippen LogP contribution < -0.4 is 15.0 Å². The maximum atomic E-state index is 13.2. The van der Waals surface area contributed by atoms with Crippen LogP contribution in [0.1, 0.15) is 39.7 Å². The number of nitrogens with one attached hydrogen (secondary N) is 1. The Bertz CT molecular complexity index is 933. The van der Waals surface area contributed by atoms with Gasteiger partial charge in [-0.25, -0.2) is 0 Å². The third kappa shape index (κ3) is 5.29. The lowest BCUT2D eigenvalue weighted by Crippen LogP contribution is -2.42. The first-order chi connectivity index (χ1) is 14.3. The van der Waals surface area contributed by atoms with Crippen LogP contribution in [-0.4, -0.2) is 25.0 Å². The number of amides is 2. The number of ether oxygens (including phenoxy) is 1. The van der Waals surface area contributed by atoms with Crippen molar-refractivity contribution in [2.75, 3.05) is 23.4 Å². The number of nitrogens with zero attached hydrogens (tertiary/aromatic N) is 1. The number of anilines is 2. The van der Waals surface area contributed by atoms with E-state index in [0.717, 1.165) is 12.0 Å². The lowest BCUT2D eigenvalue weighted by atomic mass is 9.92. The smallest absolute Gasteiger partial charge is 0.248 e. The molecule has 0 spiro atoms. The van der Waals surface area contributed by atoms with E-state index in [1.165, 1.54) is 6.08 Å². The maximum Gasteiger partial charge on any atom is 0.248 e. The molecule has 0 radical (unpaired) electrons. The van der Waals surface area contributed by atoms with Gasteiger partial charge in [0.05, 0.1) is 11.1 Å². The summed E-state index contributed by atoms with van der Waals surface area (Å²) in [5.41, 5.74) is 1.67. The molecule has 5 nitrogen and oxygen atoms in total. The predicted octanol–water partition coefficient (Wildman–Crippen LogP) is 5.14. The SMILES string of the molecule is CC(C)CCN1C(=O)C(C)(C)COc2ccc(NC(=O)/C=C/c3ccccc3)cc21. The molecule has 2 amide bonds. The van der Waals surface area contributed by atoms with Crippen LogP contribution in [0.25, 0.3) is 6.08 Å². The zero-order valence-corrected chi connectivity index (χ0v) is 18.1. The molecule has 0 saturated carbocycles. The first-order valence-corrected chi connectivity index (χ1v) is 10.4. The van der Waals surface area contributed by atoms with E-state index in [2.05, 4.69) is 19.2 Å². The number of rotatable bonds is 6. The number of hydrogen-bond donors (Lipinski definition) is 1. The molecule has 2 aromatic rings. The van der Waals surface area contributed by atoms with E-state index < -0.39 is 5.41 Å². The van der Waals surface area contributed by atoms with Crippen LogP contribution in [0.3, 0.4) is 0 Å². The Labute approximate surface area is 178 Å². The summed E-state index contributed by atoms with van der Waals surface area (Å²) in [5.74, 6) is 0.943. The second kappa shape index (κ2) is 9.16. The number of hydrogen-bond acceptors (Lipinski definition) is 3. The molecule has 3 rings (SSSR count). The highest BCUT2D eigenvalue weighted by Crippen LogP contribution is 2.38. The average molecular weight is 407 g/mol. The van der Waals surface area contributed by atoms with Crippen LogP contribution in [0, 0.1) is 11.3 Å². The lowest BCUT2D eigenvalue weighted by Gasteiger charge is -2.28. The minimum absolute atomic E-state index is 0.0364. The molecule has 158 valence electrons. The van der Waals surface area contributed by atoms with Crippen LogP contribution >= 0.6 is 0 Å². The Balaban J connectivity index is 1.83. The van der Waals surface area contributed by atoms with Gasteiger partial charge in [0.1, 0.15) is 12.4 Å². The Morgan fingerprint density at radius 1 is 1.20 bits per heavy atom. The van der Waals surface area contributed by atoms with E-state index in [4.69, 9.17) is 4.74 Å². The normalized spacial score (nSPS) is 15.6. The molecular weight excluding hydrogens is 376 g/mol. The molecule has 0 saturated heterocycles. The van der Waals surface area contributed by atoms with Gasteiger partial charge < -0.3 is 15.0 Å². The van der Waals surface area contributed by atoms with Crippen LogP contribution in [0.4, 0.5) is 11.4 Å². The monoisotopic (exact) mass is 406 g/mol. The van der Waals surface area contributed by atoms with Gasteiger partial charge in [-0.05, 0) is 56.0 Å². The molecule has 0 aliphatic carbocycles. The molecule has 0 bridgehead atoms. The standard InChI is InChI=1S/C25H30N2O3/c1-18(2)14-15-27-21-16-20(11-12-22(21)30-17-25(3,4)24(27)29)26-23(28)13-10-19-8-6-5-7-9-19/h5-13,16,18H,14-15,17H2,1-4H3,(H,26,28)/b13-10+. The fourth-order valence-corrected chi connectivity index (χ4v) is 3.25. The molecule has 1 N–H and O–H groups in total. The summed E-state index contributed by atoms with van der Waals surface area (Å²) >= 11 is 0. The third-order valence-electron chi connectivity index (χ3n) is 5.09. The maximum absolute atomic E-state index is 13.2. The number of carbonyl (C=O) groups is 2. The van der Waals surface area contributed by atoms with Gasteiger partial charge >= 0.3 is 0 Å². The molecule has 2 aromatic carbocycles. The molecule has 1 aliphatic rings. The van der Waals surface area contributed by atoms with Crippen molar-refractivity contribution >= 4 is 29.3 Å². The highest BCUT2D eigenvalue weighted by molar-refractivity contribution is 6.03. The van der Waals surface area contributed by atoms with Crippen molar-refractivity contribution in [3.8, 4) is 5.75 Å². The van der Waals surface area contributed by atoms with Gasteiger partial charge in [-0.2, -0.15) is 0 Å². The molecule has 0 aromatic heterocycles. The number of fused-ring (bicyclic) bond motifs is 1. The molecule has 0 fully saturated rings. The average Bonchev–Trinajstić information content (AvgIpc) is 2.80. The molecule has 5 heteroatoms. The Kier molecular flexibility index (Phi) is 6.60. The van der Waals surface area contributed by atoms with Gasteiger partial charge in [-0.3, -0.25) is 9.59 Å². The van der Waals surface area contributed by atoms with Gasteiger partial charge in [0.25, 0.3) is 0 Å². The minimum atomic E-state index is -0.613. The zero-order chi connectivity index (χ0) is 21.7. The minimum Gasteiger partial charge on any atom is -0.490 e. The highest BCUT2D eigenvalue weighted by Gasteiger charge is 2.37. The summed E-state index contributed by atoms with van der Waals surface area (Å²) in [4.78, 5) is 27.4. The van der Waals surface area contributed by atoms with Crippen molar-refractivity contribution in [2.24, 2.45) is 11.3 Å². The van der Waals surface area contributed by atoms with Crippen molar-refractivity contribution in [1.82, 2.24) is 0 Å². The van der Waals surface area contributed by atoms with Gasteiger partial charge in [0, 0.05) is 18.3 Å². The number of benzene rings is 2. The molecule has 1 heterocycles. The van der Waals surface area contributed by atoms with Crippen molar-refractivity contribution in [2.45, 2.75) is 34.1 Å². The van der Waals surface area contributed by atoms with Crippen molar-refractivity contribution < 1.29 is 14.3 Å². The van der Waals surface area contributed by atoms with Crippen LogP contribution in [-0.2, 0) is 9.59 Å². The van der Waals surface area contributed by atoms with Crippen LogP contribution in [0.5, 0.6) is 5.75 Å². The van der Waals surface area contributed by atoms with Crippen LogP contribution in [0.2, 0.25) is 0 Å². The van der Waals surface area contributed by atoms with Crippen molar-refractivity contribution in [3.05, 3.63) is 60.2 Å². The summed E-state index contributed by atoms with van der Waals surface area (Å²) in [5, 5.41) is 2.88. The topological polar surface area (TPSA) is 58.6 Å². The summed E-state index contributed by atoms with van der Waals surface area (Å²) < 4.78 is 5.95. The Hall–Kier alpha value is -3.08. The van der Waals surface area contributed by atoms with Crippen molar-refractivity contribution in [3.63, 3.8) is 0 Å². The predicted molar refractivity (Wildman–Crippen MR) is 122 cm³/mol. The Morgan fingerprint density at radius 2 is 1.93 bits per heavy atom. The third-order valence-corrected chi connectivity index (χ3v) is 5.09. The first-order valence-electron chi connectivity index (χ1n) is 10.4. The molecule has 1 aliphatic heterocycles. The van der Waals surface area contributed by atoms with Gasteiger partial charge in [-0.15, -0.1) is 0 Å². The molecular formula is C25H30N2O3. The summed E-state index contributed by atoms with van der Waals surface area (Å²) in [6, 6.07) is 15.1. The number of carbonyl (C=O) groups excluding carboxylic acids is 2. The largest absolute Gasteiger partial charge is 0.490 e. The zero-order valence-electron chi connectivity index (χ0n) is 18.1. The summed E-state index contributed by atoms with van der Waals surface area (Å²) in [6.07, 6.45) is 4.16. The second-order valence-corrected chi connectivity index (χ2v) is 8.73. The van der Waals surface area contributed by atoms with Gasteiger partial charge in [0.15, 0.2) is 0 Å². The molecule has 30 heavy (non-hydrogen) atoms. The van der Waals surface area contributed by atoms with Gasteiger partial charge in [0.2, 0.25) is 11.8 Å². The van der Waals surface area contributed by atoms with E-state index >= 15 is 0 Å².